The number of hydrogen-bond donors (Lipinski definition) is 0. The predicted octanol–water partition coefficient (Wildman–Crippen LogP) is 2.85. The van der Waals surface area contributed by atoms with E-state index in [2.05, 4.69) is 13.8 Å². The number of fused-ring (bicyclic) bond motifs is 5. The smallest absolute Gasteiger partial charge is 0.0494 e. The number of ether oxygens (including phenoxy) is 1. The summed E-state index contributed by atoms with van der Waals surface area (Å²) in [5.74, 6) is 1.78. The minimum absolute atomic E-state index is 0.590. The molecule has 0 N–H and O–H groups in total. The summed E-state index contributed by atoms with van der Waals surface area (Å²) in [4.78, 5) is 0. The van der Waals surface area contributed by atoms with Crippen molar-refractivity contribution in [2.75, 3.05) is 13.2 Å². The van der Waals surface area contributed by atoms with Crippen molar-refractivity contribution in [3.63, 3.8) is 0 Å². The summed E-state index contributed by atoms with van der Waals surface area (Å²) < 4.78 is 5.60. The van der Waals surface area contributed by atoms with Gasteiger partial charge in [-0.3, -0.25) is 0 Å². The fourth-order valence-corrected chi connectivity index (χ4v) is 2.99. The van der Waals surface area contributed by atoms with Crippen LogP contribution < -0.4 is 0 Å². The molecular formula is C11H20O. The average Bonchev–Trinajstić information content (AvgIpc) is 1.92. The lowest BCUT2D eigenvalue weighted by atomic mass is 9.64. The van der Waals surface area contributed by atoms with Crippen LogP contribution in [0.2, 0.25) is 0 Å². The zero-order chi connectivity index (χ0) is 8.60. The maximum atomic E-state index is 5.60. The van der Waals surface area contributed by atoms with Crippen LogP contribution in [0.25, 0.3) is 0 Å². The van der Waals surface area contributed by atoms with E-state index in [4.69, 9.17) is 4.74 Å². The van der Waals surface area contributed by atoms with Gasteiger partial charge in [0.15, 0.2) is 0 Å². The average molecular weight is 168 g/mol. The molecule has 1 heteroatoms. The standard InChI is InChI=1S/C11H20O/c1-11(2)7-9-3-4-10(11)5-6-12-8-9/h9-10H,3-8H2,1-2H3. The monoisotopic (exact) mass is 168 g/mol. The molecule has 2 heterocycles. The Morgan fingerprint density at radius 1 is 1.17 bits per heavy atom. The quantitative estimate of drug-likeness (QED) is 0.540. The van der Waals surface area contributed by atoms with Gasteiger partial charge in [-0.2, -0.15) is 0 Å². The van der Waals surface area contributed by atoms with E-state index in [-0.39, 0.29) is 0 Å². The van der Waals surface area contributed by atoms with E-state index < -0.39 is 0 Å². The third kappa shape index (κ3) is 1.52. The third-order valence-electron chi connectivity index (χ3n) is 3.81. The van der Waals surface area contributed by atoms with E-state index in [1.165, 1.54) is 25.7 Å². The van der Waals surface area contributed by atoms with Crippen LogP contribution in [0.15, 0.2) is 0 Å². The van der Waals surface area contributed by atoms with E-state index in [0.717, 1.165) is 25.0 Å². The molecule has 3 fully saturated rings. The summed E-state index contributed by atoms with van der Waals surface area (Å²) in [5.41, 5.74) is 0.590. The molecule has 2 bridgehead atoms. The molecule has 0 aromatic heterocycles. The van der Waals surface area contributed by atoms with E-state index in [0.29, 0.717) is 5.41 Å². The molecule has 1 nitrogen and oxygen atoms in total. The second-order valence-electron chi connectivity index (χ2n) is 5.20. The number of rotatable bonds is 0. The van der Waals surface area contributed by atoms with Crippen molar-refractivity contribution in [3.05, 3.63) is 0 Å². The molecule has 1 aliphatic carbocycles. The molecule has 3 aliphatic rings. The van der Waals surface area contributed by atoms with Crippen LogP contribution in [-0.4, -0.2) is 13.2 Å². The first-order chi connectivity index (χ1) is 5.68. The van der Waals surface area contributed by atoms with Gasteiger partial charge in [0, 0.05) is 13.2 Å². The van der Waals surface area contributed by atoms with Crippen molar-refractivity contribution >= 4 is 0 Å². The van der Waals surface area contributed by atoms with Crippen molar-refractivity contribution in [2.24, 2.45) is 17.3 Å². The van der Waals surface area contributed by atoms with E-state index >= 15 is 0 Å². The first-order valence-corrected chi connectivity index (χ1v) is 5.26. The first-order valence-electron chi connectivity index (χ1n) is 5.26. The van der Waals surface area contributed by atoms with Gasteiger partial charge in [-0.15, -0.1) is 0 Å². The van der Waals surface area contributed by atoms with Gasteiger partial charge in [0.05, 0.1) is 0 Å². The van der Waals surface area contributed by atoms with Gasteiger partial charge in [-0.05, 0) is 42.9 Å². The second-order valence-corrected chi connectivity index (χ2v) is 5.20. The minimum atomic E-state index is 0.590. The second kappa shape index (κ2) is 3.02. The van der Waals surface area contributed by atoms with Gasteiger partial charge in [-0.1, -0.05) is 13.8 Å². The van der Waals surface area contributed by atoms with E-state index in [1.807, 2.05) is 0 Å². The van der Waals surface area contributed by atoms with Crippen LogP contribution in [-0.2, 0) is 4.74 Å². The summed E-state index contributed by atoms with van der Waals surface area (Å²) in [5, 5.41) is 0. The SMILES string of the molecule is CC1(C)CC2CCC1CCOC2. The summed E-state index contributed by atoms with van der Waals surface area (Å²) in [6.07, 6.45) is 5.53. The molecule has 2 aliphatic heterocycles. The summed E-state index contributed by atoms with van der Waals surface area (Å²) in [7, 11) is 0. The first kappa shape index (κ1) is 8.55. The Morgan fingerprint density at radius 3 is 2.75 bits per heavy atom. The lowest BCUT2D eigenvalue weighted by molar-refractivity contribution is -0.0219. The molecule has 0 aromatic rings. The lowest BCUT2D eigenvalue weighted by Crippen LogP contribution is -2.37. The van der Waals surface area contributed by atoms with Crippen molar-refractivity contribution < 1.29 is 4.74 Å². The molecule has 0 spiro atoms. The van der Waals surface area contributed by atoms with Crippen molar-refractivity contribution in [3.8, 4) is 0 Å². The summed E-state index contributed by atoms with van der Waals surface area (Å²) in [6.45, 7) is 6.91. The highest BCUT2D eigenvalue weighted by atomic mass is 16.5. The zero-order valence-electron chi connectivity index (χ0n) is 8.31. The highest BCUT2D eigenvalue weighted by molar-refractivity contribution is 4.87. The van der Waals surface area contributed by atoms with E-state index in [9.17, 15) is 0 Å². The molecule has 2 saturated heterocycles. The lowest BCUT2D eigenvalue weighted by Gasteiger charge is -2.44. The normalized spacial score (nSPS) is 40.5. The maximum Gasteiger partial charge on any atom is 0.0494 e. The predicted molar refractivity (Wildman–Crippen MR) is 50.0 cm³/mol. The molecule has 2 unspecified atom stereocenters. The Hall–Kier alpha value is -0.0400. The molecule has 12 heavy (non-hydrogen) atoms. The fourth-order valence-electron chi connectivity index (χ4n) is 2.99. The van der Waals surface area contributed by atoms with Crippen LogP contribution in [0.5, 0.6) is 0 Å². The largest absolute Gasteiger partial charge is 0.381 e. The Bertz CT molecular complexity index is 158. The highest BCUT2D eigenvalue weighted by Gasteiger charge is 2.37. The Labute approximate surface area is 75.5 Å². The van der Waals surface area contributed by atoms with Crippen LogP contribution in [0.1, 0.15) is 39.5 Å². The summed E-state index contributed by atoms with van der Waals surface area (Å²) >= 11 is 0. The van der Waals surface area contributed by atoms with Crippen LogP contribution in [0.4, 0.5) is 0 Å². The summed E-state index contributed by atoms with van der Waals surface area (Å²) in [6, 6.07) is 0. The molecule has 3 rings (SSSR count). The van der Waals surface area contributed by atoms with Gasteiger partial charge in [0.2, 0.25) is 0 Å². The Kier molecular flexibility index (Phi) is 2.16. The molecular weight excluding hydrogens is 148 g/mol. The van der Waals surface area contributed by atoms with Crippen LogP contribution in [0.3, 0.4) is 0 Å². The highest BCUT2D eigenvalue weighted by Crippen LogP contribution is 2.46. The Morgan fingerprint density at radius 2 is 2.00 bits per heavy atom. The van der Waals surface area contributed by atoms with Gasteiger partial charge >= 0.3 is 0 Å². The van der Waals surface area contributed by atoms with Crippen molar-refractivity contribution in [1.82, 2.24) is 0 Å². The van der Waals surface area contributed by atoms with E-state index in [1.54, 1.807) is 0 Å². The van der Waals surface area contributed by atoms with Crippen molar-refractivity contribution in [2.45, 2.75) is 39.5 Å². The molecule has 0 radical (unpaired) electrons. The maximum absolute atomic E-state index is 5.60. The van der Waals surface area contributed by atoms with Crippen LogP contribution >= 0.6 is 0 Å². The number of hydrogen-bond acceptors (Lipinski definition) is 1. The fraction of sp³-hybridized carbons (Fsp3) is 1.00. The van der Waals surface area contributed by atoms with Crippen LogP contribution in [0, 0.1) is 17.3 Å². The van der Waals surface area contributed by atoms with Gasteiger partial charge in [0.1, 0.15) is 0 Å². The Balaban J connectivity index is 2.11. The zero-order valence-corrected chi connectivity index (χ0v) is 8.31. The molecule has 70 valence electrons. The van der Waals surface area contributed by atoms with Gasteiger partial charge < -0.3 is 4.74 Å². The molecule has 2 atom stereocenters. The molecule has 1 saturated carbocycles. The van der Waals surface area contributed by atoms with Gasteiger partial charge in [0.25, 0.3) is 0 Å². The molecule has 0 aromatic carbocycles. The third-order valence-corrected chi connectivity index (χ3v) is 3.81. The van der Waals surface area contributed by atoms with Crippen molar-refractivity contribution in [1.29, 1.82) is 0 Å². The minimum Gasteiger partial charge on any atom is -0.381 e. The topological polar surface area (TPSA) is 9.23 Å². The van der Waals surface area contributed by atoms with Gasteiger partial charge in [-0.25, -0.2) is 0 Å². The molecule has 0 amide bonds.